The standard InChI is InChI=1S/C23H20F3N3O3/c24-23(25,26)16-2-6-20(27-12-16)32-17-3-5-18-15(11-17)1-4-19(28-18)21(30)29-13-22(14-29)7-9-31-10-8-22/h1-6,11-12H,7-10,13-14H2. The summed E-state index contributed by atoms with van der Waals surface area (Å²) in [4.78, 5) is 22.8. The quantitative estimate of drug-likeness (QED) is 0.588. The lowest BCUT2D eigenvalue weighted by molar-refractivity contribution is -0.137. The van der Waals surface area contributed by atoms with Gasteiger partial charge in [-0.3, -0.25) is 4.79 Å². The molecule has 6 nitrogen and oxygen atoms in total. The molecule has 0 aliphatic carbocycles. The largest absolute Gasteiger partial charge is 0.439 e. The number of carbonyl (C=O) groups is 1. The van der Waals surface area contributed by atoms with E-state index in [1.807, 2.05) is 4.90 Å². The molecular weight excluding hydrogens is 423 g/mol. The van der Waals surface area contributed by atoms with Gasteiger partial charge in [0.1, 0.15) is 11.4 Å². The van der Waals surface area contributed by atoms with Crippen LogP contribution in [-0.4, -0.2) is 47.1 Å². The number of fused-ring (bicyclic) bond motifs is 1. The maximum absolute atomic E-state index is 12.8. The van der Waals surface area contributed by atoms with Crippen LogP contribution in [0.5, 0.6) is 11.6 Å². The van der Waals surface area contributed by atoms with Crippen molar-refractivity contribution < 1.29 is 27.4 Å². The smallest absolute Gasteiger partial charge is 0.417 e. The number of hydrogen-bond donors (Lipinski definition) is 0. The monoisotopic (exact) mass is 443 g/mol. The van der Waals surface area contributed by atoms with Crippen LogP contribution >= 0.6 is 0 Å². The van der Waals surface area contributed by atoms with E-state index in [0.717, 1.165) is 56.8 Å². The minimum absolute atomic E-state index is 0.0527. The van der Waals surface area contributed by atoms with Crippen LogP contribution in [0.2, 0.25) is 0 Å². The number of hydrogen-bond acceptors (Lipinski definition) is 5. The molecule has 0 radical (unpaired) electrons. The number of likely N-dealkylation sites (tertiary alicyclic amines) is 1. The SMILES string of the molecule is O=C(c1ccc2cc(Oc3ccc(C(F)(F)F)cn3)ccc2n1)N1CC2(CCOCC2)C1. The highest BCUT2D eigenvalue weighted by molar-refractivity contribution is 5.95. The van der Waals surface area contributed by atoms with Crippen LogP contribution in [0, 0.1) is 5.41 Å². The van der Waals surface area contributed by atoms with Crippen molar-refractivity contribution >= 4 is 16.8 Å². The van der Waals surface area contributed by atoms with Gasteiger partial charge in [0.2, 0.25) is 5.88 Å². The summed E-state index contributed by atoms with van der Waals surface area (Å²) in [5.41, 5.74) is 0.376. The van der Waals surface area contributed by atoms with Crippen molar-refractivity contribution in [2.75, 3.05) is 26.3 Å². The normalized spacial score (nSPS) is 17.9. The van der Waals surface area contributed by atoms with Gasteiger partial charge in [-0.2, -0.15) is 13.2 Å². The molecule has 5 rings (SSSR count). The number of alkyl halides is 3. The van der Waals surface area contributed by atoms with E-state index in [4.69, 9.17) is 9.47 Å². The van der Waals surface area contributed by atoms with Crippen LogP contribution < -0.4 is 4.74 Å². The predicted molar refractivity (Wildman–Crippen MR) is 109 cm³/mol. The van der Waals surface area contributed by atoms with Crippen LogP contribution in [0.15, 0.2) is 48.7 Å². The van der Waals surface area contributed by atoms with Gasteiger partial charge in [0.15, 0.2) is 0 Å². The van der Waals surface area contributed by atoms with Crippen molar-refractivity contribution in [2.45, 2.75) is 19.0 Å². The number of ether oxygens (including phenoxy) is 2. The molecule has 9 heteroatoms. The zero-order valence-corrected chi connectivity index (χ0v) is 17.1. The van der Waals surface area contributed by atoms with Crippen LogP contribution in [0.4, 0.5) is 13.2 Å². The zero-order chi connectivity index (χ0) is 22.3. The molecule has 0 saturated carbocycles. The van der Waals surface area contributed by atoms with Gasteiger partial charge in [0.05, 0.1) is 11.1 Å². The highest BCUT2D eigenvalue weighted by atomic mass is 19.4. The molecule has 166 valence electrons. The number of halogens is 3. The molecule has 0 N–H and O–H groups in total. The Bertz CT molecular complexity index is 1150. The van der Waals surface area contributed by atoms with Gasteiger partial charge < -0.3 is 14.4 Å². The van der Waals surface area contributed by atoms with Gasteiger partial charge in [0.25, 0.3) is 5.91 Å². The topological polar surface area (TPSA) is 64.5 Å². The van der Waals surface area contributed by atoms with Crippen LogP contribution in [0.3, 0.4) is 0 Å². The second kappa shape index (κ2) is 7.74. The Morgan fingerprint density at radius 1 is 1.06 bits per heavy atom. The number of nitrogens with zero attached hydrogens (tertiary/aromatic N) is 3. The van der Waals surface area contributed by atoms with Gasteiger partial charge in [-0.25, -0.2) is 9.97 Å². The van der Waals surface area contributed by atoms with E-state index in [1.165, 1.54) is 6.07 Å². The minimum atomic E-state index is -4.45. The molecule has 2 fully saturated rings. The number of carbonyl (C=O) groups excluding carboxylic acids is 1. The summed E-state index contributed by atoms with van der Waals surface area (Å²) < 4.78 is 49.0. The first kappa shape index (κ1) is 20.7. The molecule has 2 aliphatic rings. The first-order valence-corrected chi connectivity index (χ1v) is 10.3. The molecule has 4 heterocycles. The Balaban J connectivity index is 1.28. The summed E-state index contributed by atoms with van der Waals surface area (Å²) in [6, 6.07) is 10.6. The van der Waals surface area contributed by atoms with Crippen LogP contribution in [0.1, 0.15) is 28.9 Å². The molecule has 2 aliphatic heterocycles. The van der Waals surface area contributed by atoms with E-state index in [-0.39, 0.29) is 17.2 Å². The number of amides is 1. The van der Waals surface area contributed by atoms with Crippen LogP contribution in [-0.2, 0) is 10.9 Å². The van der Waals surface area contributed by atoms with E-state index < -0.39 is 11.7 Å². The molecular formula is C23H20F3N3O3. The van der Waals surface area contributed by atoms with Gasteiger partial charge in [-0.1, -0.05) is 6.07 Å². The maximum atomic E-state index is 12.8. The van der Waals surface area contributed by atoms with E-state index in [1.54, 1.807) is 30.3 Å². The molecule has 1 amide bonds. The molecule has 32 heavy (non-hydrogen) atoms. The lowest BCUT2D eigenvalue weighted by Gasteiger charge is -2.52. The third-order valence-electron chi connectivity index (χ3n) is 6.06. The number of rotatable bonds is 3. The van der Waals surface area contributed by atoms with Gasteiger partial charge in [-0.15, -0.1) is 0 Å². The molecule has 2 saturated heterocycles. The van der Waals surface area contributed by atoms with Crippen molar-refractivity contribution in [1.82, 2.24) is 14.9 Å². The summed E-state index contributed by atoms with van der Waals surface area (Å²) in [5.74, 6) is 0.380. The van der Waals surface area contributed by atoms with E-state index in [0.29, 0.717) is 17.0 Å². The summed E-state index contributed by atoms with van der Waals surface area (Å²) >= 11 is 0. The lowest BCUT2D eigenvalue weighted by Crippen LogP contribution is -2.60. The van der Waals surface area contributed by atoms with E-state index in [2.05, 4.69) is 9.97 Å². The molecule has 3 aromatic rings. The summed E-state index contributed by atoms with van der Waals surface area (Å²) in [6.07, 6.45) is -1.75. The lowest BCUT2D eigenvalue weighted by atomic mass is 9.73. The third-order valence-corrected chi connectivity index (χ3v) is 6.06. The first-order valence-electron chi connectivity index (χ1n) is 10.3. The number of pyridine rings is 2. The molecule has 2 aromatic heterocycles. The van der Waals surface area contributed by atoms with E-state index >= 15 is 0 Å². The molecule has 0 bridgehead atoms. The Kier molecular flexibility index (Phi) is 5.00. The third kappa shape index (κ3) is 4.00. The summed E-state index contributed by atoms with van der Waals surface area (Å²) in [7, 11) is 0. The van der Waals surface area contributed by atoms with E-state index in [9.17, 15) is 18.0 Å². The van der Waals surface area contributed by atoms with Crippen molar-refractivity contribution in [3.05, 3.63) is 59.9 Å². The number of benzene rings is 1. The minimum Gasteiger partial charge on any atom is -0.439 e. The highest BCUT2D eigenvalue weighted by Gasteiger charge is 2.46. The maximum Gasteiger partial charge on any atom is 0.417 e. The second-order valence-corrected chi connectivity index (χ2v) is 8.31. The second-order valence-electron chi connectivity index (χ2n) is 8.31. The first-order chi connectivity index (χ1) is 15.3. The highest BCUT2D eigenvalue weighted by Crippen LogP contribution is 2.40. The molecule has 0 atom stereocenters. The average molecular weight is 443 g/mol. The van der Waals surface area contributed by atoms with Gasteiger partial charge in [-0.05, 0) is 43.2 Å². The Morgan fingerprint density at radius 3 is 2.53 bits per heavy atom. The molecule has 0 unspecified atom stereocenters. The van der Waals surface area contributed by atoms with Crippen molar-refractivity contribution in [3.8, 4) is 11.6 Å². The zero-order valence-electron chi connectivity index (χ0n) is 17.1. The summed E-state index contributed by atoms with van der Waals surface area (Å²) in [6.45, 7) is 2.98. The fraction of sp³-hybridized carbons (Fsp3) is 0.348. The molecule has 1 spiro atoms. The van der Waals surface area contributed by atoms with Crippen molar-refractivity contribution in [2.24, 2.45) is 5.41 Å². The predicted octanol–water partition coefficient (Wildman–Crippen LogP) is 4.69. The fourth-order valence-corrected chi connectivity index (χ4v) is 4.21. The fourth-order valence-electron chi connectivity index (χ4n) is 4.21. The number of aromatic nitrogens is 2. The van der Waals surface area contributed by atoms with Crippen molar-refractivity contribution in [3.63, 3.8) is 0 Å². The average Bonchev–Trinajstić information content (AvgIpc) is 2.77. The van der Waals surface area contributed by atoms with Gasteiger partial charge >= 0.3 is 6.18 Å². The van der Waals surface area contributed by atoms with Gasteiger partial charge in [0, 0.05) is 49.4 Å². The summed E-state index contributed by atoms with van der Waals surface area (Å²) in [5, 5.41) is 0.746. The Hall–Kier alpha value is -3.20. The molecule has 1 aromatic carbocycles. The van der Waals surface area contributed by atoms with Crippen LogP contribution in [0.25, 0.3) is 10.9 Å². The Labute approximate surface area is 182 Å². The van der Waals surface area contributed by atoms with Crippen molar-refractivity contribution in [1.29, 1.82) is 0 Å². The Morgan fingerprint density at radius 2 is 1.84 bits per heavy atom.